The van der Waals surface area contributed by atoms with Crippen molar-refractivity contribution in [1.29, 1.82) is 0 Å². The van der Waals surface area contributed by atoms with Crippen LogP contribution in [0.3, 0.4) is 0 Å². The first-order valence-corrected chi connectivity index (χ1v) is 7.26. The van der Waals surface area contributed by atoms with Crippen molar-refractivity contribution in [2.45, 2.75) is 23.9 Å². The molecule has 0 saturated heterocycles. The van der Waals surface area contributed by atoms with Gasteiger partial charge in [0.15, 0.2) is 5.16 Å². The van der Waals surface area contributed by atoms with Gasteiger partial charge in [-0.15, -0.1) is 0 Å². The maximum Gasteiger partial charge on any atom is 0.318 e. The number of nitrogens with zero attached hydrogens (tertiary/aromatic N) is 2. The van der Waals surface area contributed by atoms with Crippen LogP contribution in [0.1, 0.15) is 12.5 Å². The van der Waals surface area contributed by atoms with Crippen molar-refractivity contribution in [3.8, 4) is 0 Å². The van der Waals surface area contributed by atoms with E-state index in [1.165, 1.54) is 11.8 Å². The second-order valence-electron chi connectivity index (χ2n) is 4.44. The van der Waals surface area contributed by atoms with E-state index in [9.17, 15) is 9.59 Å². The second-order valence-corrected chi connectivity index (χ2v) is 5.74. The summed E-state index contributed by atoms with van der Waals surface area (Å²) in [4.78, 5) is 26.6. The van der Waals surface area contributed by atoms with Gasteiger partial charge in [0.25, 0.3) is 0 Å². The van der Waals surface area contributed by atoms with E-state index in [0.29, 0.717) is 11.7 Å². The molecule has 21 heavy (non-hydrogen) atoms. The van der Waals surface area contributed by atoms with Gasteiger partial charge in [-0.3, -0.25) is 10.1 Å². The molecule has 0 bridgehead atoms. The number of hydrogen-bond acceptors (Lipinski definition) is 4. The smallest absolute Gasteiger partial charge is 0.318 e. The highest BCUT2D eigenvalue weighted by molar-refractivity contribution is 8.00. The van der Waals surface area contributed by atoms with Gasteiger partial charge in [-0.1, -0.05) is 42.1 Å². The first-order valence-electron chi connectivity index (χ1n) is 6.38. The molecule has 1 unspecified atom stereocenters. The molecule has 0 spiro atoms. The van der Waals surface area contributed by atoms with Crippen molar-refractivity contribution < 1.29 is 9.59 Å². The van der Waals surface area contributed by atoms with Crippen molar-refractivity contribution in [3.05, 3.63) is 48.3 Å². The Bertz CT molecular complexity index is 627. The minimum absolute atomic E-state index is 0.429. The highest BCUT2D eigenvalue weighted by Crippen LogP contribution is 2.22. The van der Waals surface area contributed by atoms with Crippen molar-refractivity contribution >= 4 is 23.7 Å². The van der Waals surface area contributed by atoms with Gasteiger partial charge >= 0.3 is 6.03 Å². The molecule has 2 aromatic rings. The Morgan fingerprint density at radius 1 is 1.38 bits per heavy atom. The lowest BCUT2D eigenvalue weighted by atomic mass is 10.2. The van der Waals surface area contributed by atoms with Crippen LogP contribution >= 0.6 is 11.8 Å². The molecule has 6 nitrogen and oxygen atoms in total. The van der Waals surface area contributed by atoms with E-state index in [2.05, 4.69) is 10.3 Å². The number of amides is 3. The summed E-state index contributed by atoms with van der Waals surface area (Å²) in [5, 5.41) is 2.32. The van der Waals surface area contributed by atoms with Crippen LogP contribution in [0.15, 0.2) is 47.9 Å². The zero-order chi connectivity index (χ0) is 15.2. The van der Waals surface area contributed by atoms with Crippen LogP contribution in [-0.4, -0.2) is 26.7 Å². The summed E-state index contributed by atoms with van der Waals surface area (Å²) in [5.41, 5.74) is 6.08. The minimum atomic E-state index is -0.847. The molecule has 110 valence electrons. The number of carbonyl (C=O) groups excluding carboxylic acids is 2. The number of nitrogens with two attached hydrogens (primary N) is 1. The number of imide groups is 1. The molecule has 1 aromatic heterocycles. The molecule has 1 atom stereocenters. The molecule has 1 aromatic carbocycles. The molecule has 0 aliphatic heterocycles. The Labute approximate surface area is 126 Å². The molecule has 0 aliphatic carbocycles. The predicted molar refractivity (Wildman–Crippen MR) is 80.8 cm³/mol. The van der Waals surface area contributed by atoms with Crippen molar-refractivity contribution in [2.75, 3.05) is 0 Å². The Balaban J connectivity index is 2.03. The molecule has 2 rings (SSSR count). The maximum absolute atomic E-state index is 11.7. The second kappa shape index (κ2) is 6.94. The first kappa shape index (κ1) is 15.1. The third-order valence-corrected chi connectivity index (χ3v) is 3.89. The number of thioether (sulfide) groups is 1. The fourth-order valence-electron chi connectivity index (χ4n) is 1.75. The fourth-order valence-corrected chi connectivity index (χ4v) is 2.61. The summed E-state index contributed by atoms with van der Waals surface area (Å²) in [5.74, 6) is -0.429. The summed E-state index contributed by atoms with van der Waals surface area (Å²) in [6.45, 7) is 2.37. The standard InChI is InChI=1S/C14H16N4O2S/c1-10(12(19)17-13(15)20)21-14-16-7-8-18(14)9-11-5-3-2-4-6-11/h2-8,10H,9H2,1H3,(H3,15,17,19,20). The van der Waals surface area contributed by atoms with Crippen molar-refractivity contribution in [2.24, 2.45) is 5.73 Å². The normalized spacial score (nSPS) is 11.9. The van der Waals surface area contributed by atoms with Gasteiger partial charge in [-0.25, -0.2) is 9.78 Å². The lowest BCUT2D eigenvalue weighted by Crippen LogP contribution is -2.39. The van der Waals surface area contributed by atoms with Crippen LogP contribution in [0.2, 0.25) is 0 Å². The fraction of sp³-hybridized carbons (Fsp3) is 0.214. The number of imidazole rings is 1. The quantitative estimate of drug-likeness (QED) is 0.821. The zero-order valence-corrected chi connectivity index (χ0v) is 12.3. The van der Waals surface area contributed by atoms with Gasteiger partial charge in [0, 0.05) is 18.9 Å². The average molecular weight is 304 g/mol. The number of primary amides is 1. The van der Waals surface area contributed by atoms with Crippen LogP contribution < -0.4 is 11.1 Å². The molecule has 0 fully saturated rings. The number of rotatable bonds is 5. The molecule has 0 saturated carbocycles. The Hall–Kier alpha value is -2.28. The molecule has 0 radical (unpaired) electrons. The van der Waals surface area contributed by atoms with Crippen molar-refractivity contribution in [3.63, 3.8) is 0 Å². The minimum Gasteiger partial charge on any atom is -0.351 e. The Morgan fingerprint density at radius 3 is 2.76 bits per heavy atom. The SMILES string of the molecule is CC(Sc1nccn1Cc1ccccc1)C(=O)NC(N)=O. The van der Waals surface area contributed by atoms with E-state index in [0.717, 1.165) is 5.56 Å². The van der Waals surface area contributed by atoms with E-state index in [4.69, 9.17) is 5.73 Å². The molecule has 3 N–H and O–H groups in total. The molecule has 7 heteroatoms. The summed E-state index contributed by atoms with van der Waals surface area (Å²) in [6.07, 6.45) is 3.54. The van der Waals surface area contributed by atoms with Gasteiger partial charge < -0.3 is 10.3 Å². The van der Waals surface area contributed by atoms with Crippen LogP contribution in [0.5, 0.6) is 0 Å². The third-order valence-electron chi connectivity index (χ3n) is 2.77. The van der Waals surface area contributed by atoms with Gasteiger partial charge in [-0.05, 0) is 12.5 Å². The highest BCUT2D eigenvalue weighted by Gasteiger charge is 2.18. The Morgan fingerprint density at radius 2 is 2.10 bits per heavy atom. The summed E-state index contributed by atoms with van der Waals surface area (Å²) in [6, 6.07) is 9.11. The van der Waals surface area contributed by atoms with Crippen LogP contribution in [0, 0.1) is 0 Å². The monoisotopic (exact) mass is 304 g/mol. The summed E-state index contributed by atoms with van der Waals surface area (Å²) < 4.78 is 1.95. The van der Waals surface area contributed by atoms with Gasteiger partial charge in [0.05, 0.1) is 5.25 Å². The Kier molecular flexibility index (Phi) is 4.99. The van der Waals surface area contributed by atoms with E-state index in [-0.39, 0.29) is 0 Å². The zero-order valence-electron chi connectivity index (χ0n) is 11.5. The lowest BCUT2D eigenvalue weighted by Gasteiger charge is -2.11. The van der Waals surface area contributed by atoms with Crippen LogP contribution in [0.25, 0.3) is 0 Å². The molecular formula is C14H16N4O2S. The predicted octanol–water partition coefficient (Wildman–Crippen LogP) is 1.61. The lowest BCUT2D eigenvalue weighted by molar-refractivity contribution is -0.119. The number of aromatic nitrogens is 2. The molecular weight excluding hydrogens is 288 g/mol. The van der Waals surface area contributed by atoms with Gasteiger partial charge in [0.2, 0.25) is 5.91 Å². The third kappa shape index (κ3) is 4.35. The number of carbonyl (C=O) groups is 2. The maximum atomic E-state index is 11.7. The average Bonchev–Trinajstić information content (AvgIpc) is 2.86. The highest BCUT2D eigenvalue weighted by atomic mass is 32.2. The van der Waals surface area contributed by atoms with Gasteiger partial charge in [-0.2, -0.15) is 0 Å². The number of urea groups is 1. The first-order chi connectivity index (χ1) is 10.1. The number of hydrogen-bond donors (Lipinski definition) is 2. The van der Waals surface area contributed by atoms with Crippen LogP contribution in [0.4, 0.5) is 4.79 Å². The largest absolute Gasteiger partial charge is 0.351 e. The van der Waals surface area contributed by atoms with E-state index in [1.54, 1.807) is 13.1 Å². The summed E-state index contributed by atoms with van der Waals surface area (Å²) in [7, 11) is 0. The molecule has 1 heterocycles. The molecule has 0 aliphatic rings. The van der Waals surface area contributed by atoms with E-state index >= 15 is 0 Å². The summed E-state index contributed by atoms with van der Waals surface area (Å²) >= 11 is 1.28. The molecule has 3 amide bonds. The van der Waals surface area contributed by atoms with E-state index in [1.807, 2.05) is 41.1 Å². The van der Waals surface area contributed by atoms with Gasteiger partial charge in [0.1, 0.15) is 0 Å². The topological polar surface area (TPSA) is 90.0 Å². The number of nitrogens with one attached hydrogen (secondary N) is 1. The van der Waals surface area contributed by atoms with Crippen molar-refractivity contribution in [1.82, 2.24) is 14.9 Å². The van der Waals surface area contributed by atoms with E-state index < -0.39 is 17.2 Å². The number of benzene rings is 1. The van der Waals surface area contributed by atoms with Crippen LogP contribution in [-0.2, 0) is 11.3 Å².